The van der Waals surface area contributed by atoms with Gasteiger partial charge in [-0.2, -0.15) is 0 Å². The van der Waals surface area contributed by atoms with Gasteiger partial charge in [0.2, 0.25) is 0 Å². The summed E-state index contributed by atoms with van der Waals surface area (Å²) >= 11 is 6.21. The molecule has 2 fully saturated rings. The van der Waals surface area contributed by atoms with Gasteiger partial charge >= 0.3 is 0 Å². The SMILES string of the molecule is CCOc1cc(/C(O)=C2/C(=O)C(=O)N(CC3CCCO3)C2c2ccc(C(C)C)cc2)ccc1Cl. The molecule has 2 aliphatic heterocycles. The van der Waals surface area contributed by atoms with Gasteiger partial charge in [-0.3, -0.25) is 9.59 Å². The van der Waals surface area contributed by atoms with Crippen molar-refractivity contribution in [1.82, 2.24) is 4.90 Å². The molecule has 7 heteroatoms. The summed E-state index contributed by atoms with van der Waals surface area (Å²) in [5, 5.41) is 11.7. The summed E-state index contributed by atoms with van der Waals surface area (Å²) in [7, 11) is 0. The number of hydrogen-bond donors (Lipinski definition) is 1. The molecule has 2 aromatic carbocycles. The number of ketones is 1. The van der Waals surface area contributed by atoms with E-state index in [9.17, 15) is 14.7 Å². The third kappa shape index (κ3) is 4.70. The highest BCUT2D eigenvalue weighted by atomic mass is 35.5. The molecule has 0 bridgehead atoms. The Balaban J connectivity index is 1.82. The van der Waals surface area contributed by atoms with Gasteiger partial charge in [-0.25, -0.2) is 0 Å². The minimum atomic E-state index is -0.711. The molecule has 0 aliphatic carbocycles. The Hall–Kier alpha value is -2.83. The summed E-state index contributed by atoms with van der Waals surface area (Å²) < 4.78 is 11.3. The number of carbonyl (C=O) groups excluding carboxylic acids is 2. The van der Waals surface area contributed by atoms with Gasteiger partial charge in [0.15, 0.2) is 0 Å². The maximum atomic E-state index is 13.2. The molecule has 1 N–H and O–H groups in total. The molecule has 6 nitrogen and oxygen atoms in total. The molecular weight excluding hydrogens is 454 g/mol. The normalized spacial score (nSPS) is 22.1. The van der Waals surface area contributed by atoms with Gasteiger partial charge < -0.3 is 19.5 Å². The Bertz CT molecular complexity index is 1100. The highest BCUT2D eigenvalue weighted by Crippen LogP contribution is 2.41. The van der Waals surface area contributed by atoms with Crippen LogP contribution in [0, 0.1) is 0 Å². The van der Waals surface area contributed by atoms with E-state index in [0.29, 0.717) is 42.0 Å². The Labute approximate surface area is 205 Å². The lowest BCUT2D eigenvalue weighted by Crippen LogP contribution is -2.36. The van der Waals surface area contributed by atoms with Crippen molar-refractivity contribution in [2.75, 3.05) is 19.8 Å². The third-order valence-corrected chi connectivity index (χ3v) is 6.70. The summed E-state index contributed by atoms with van der Waals surface area (Å²) in [6.07, 6.45) is 1.63. The molecule has 2 heterocycles. The standard InChI is InChI=1S/C27H30ClNO5/c1-4-33-22-14-19(11-12-21(22)28)25(30)23-24(18-9-7-17(8-10-18)16(2)3)29(27(32)26(23)31)15-20-6-5-13-34-20/h7-12,14,16,20,24,30H,4-6,13,15H2,1-3H3/b25-23-. The van der Waals surface area contributed by atoms with Crippen LogP contribution < -0.4 is 4.74 Å². The van der Waals surface area contributed by atoms with Crippen molar-refractivity contribution in [3.8, 4) is 5.75 Å². The van der Waals surface area contributed by atoms with Crippen LogP contribution in [0.2, 0.25) is 5.02 Å². The quantitative estimate of drug-likeness (QED) is 0.321. The zero-order valence-electron chi connectivity index (χ0n) is 19.7. The fraction of sp³-hybridized carbons (Fsp3) is 0.407. The number of halogens is 1. The van der Waals surface area contributed by atoms with Crippen LogP contribution in [0.15, 0.2) is 48.0 Å². The second-order valence-corrected chi connectivity index (χ2v) is 9.39. The molecule has 2 aromatic rings. The number of rotatable bonds is 7. The Morgan fingerprint density at radius 2 is 1.94 bits per heavy atom. The van der Waals surface area contributed by atoms with Crippen LogP contribution in [0.5, 0.6) is 5.75 Å². The fourth-order valence-corrected chi connectivity index (χ4v) is 4.73. The molecule has 34 heavy (non-hydrogen) atoms. The molecule has 1 amide bonds. The summed E-state index contributed by atoms with van der Waals surface area (Å²) in [5.74, 6) is -0.836. The van der Waals surface area contributed by atoms with E-state index in [0.717, 1.165) is 24.0 Å². The van der Waals surface area contributed by atoms with Crippen molar-refractivity contribution < 1.29 is 24.2 Å². The van der Waals surface area contributed by atoms with E-state index in [1.54, 1.807) is 18.2 Å². The number of aliphatic hydroxyl groups excluding tert-OH is 1. The number of aliphatic hydroxyl groups is 1. The lowest BCUT2D eigenvalue weighted by Gasteiger charge is -2.27. The van der Waals surface area contributed by atoms with Crippen molar-refractivity contribution in [3.05, 3.63) is 69.8 Å². The monoisotopic (exact) mass is 483 g/mol. The number of likely N-dealkylation sites (tertiary alicyclic amines) is 1. The number of hydrogen-bond acceptors (Lipinski definition) is 5. The molecule has 2 unspecified atom stereocenters. The number of nitrogens with zero attached hydrogens (tertiary/aromatic N) is 1. The van der Waals surface area contributed by atoms with Crippen molar-refractivity contribution in [1.29, 1.82) is 0 Å². The van der Waals surface area contributed by atoms with Crippen LogP contribution >= 0.6 is 11.6 Å². The first-order valence-corrected chi connectivity index (χ1v) is 12.1. The largest absolute Gasteiger partial charge is 0.507 e. The fourth-order valence-electron chi connectivity index (χ4n) is 4.56. The lowest BCUT2D eigenvalue weighted by molar-refractivity contribution is -0.140. The number of ether oxygens (including phenoxy) is 2. The maximum Gasteiger partial charge on any atom is 0.295 e. The first kappa shape index (κ1) is 24.3. The summed E-state index contributed by atoms with van der Waals surface area (Å²) in [4.78, 5) is 27.9. The van der Waals surface area contributed by atoms with Gasteiger partial charge in [-0.15, -0.1) is 0 Å². The molecule has 0 spiro atoms. The average Bonchev–Trinajstić information content (AvgIpc) is 3.43. The second kappa shape index (κ2) is 10.2. The topological polar surface area (TPSA) is 76.1 Å². The van der Waals surface area contributed by atoms with Crippen LogP contribution in [0.1, 0.15) is 62.3 Å². The van der Waals surface area contributed by atoms with E-state index in [4.69, 9.17) is 21.1 Å². The molecule has 0 aromatic heterocycles. The first-order chi connectivity index (χ1) is 16.3. The highest BCUT2D eigenvalue weighted by molar-refractivity contribution is 6.46. The van der Waals surface area contributed by atoms with Gasteiger partial charge in [0, 0.05) is 18.7 Å². The van der Waals surface area contributed by atoms with E-state index < -0.39 is 17.7 Å². The molecule has 2 saturated heterocycles. The van der Waals surface area contributed by atoms with Crippen molar-refractivity contribution in [3.63, 3.8) is 0 Å². The van der Waals surface area contributed by atoms with Gasteiger partial charge in [0.1, 0.15) is 11.5 Å². The maximum absolute atomic E-state index is 13.2. The van der Waals surface area contributed by atoms with Crippen molar-refractivity contribution >= 4 is 29.1 Å². The first-order valence-electron chi connectivity index (χ1n) is 11.7. The van der Waals surface area contributed by atoms with E-state index in [-0.39, 0.29) is 17.4 Å². The molecule has 4 rings (SSSR count). The van der Waals surface area contributed by atoms with E-state index in [2.05, 4.69) is 13.8 Å². The predicted molar refractivity (Wildman–Crippen MR) is 131 cm³/mol. The minimum Gasteiger partial charge on any atom is -0.507 e. The summed E-state index contributed by atoms with van der Waals surface area (Å²) in [6.45, 7) is 7.39. The second-order valence-electron chi connectivity index (χ2n) is 8.99. The zero-order valence-corrected chi connectivity index (χ0v) is 20.5. The number of benzene rings is 2. The number of carbonyl (C=O) groups is 2. The van der Waals surface area contributed by atoms with Gasteiger partial charge in [-0.05, 0) is 55.0 Å². The van der Waals surface area contributed by atoms with Crippen LogP contribution in [0.25, 0.3) is 5.76 Å². The van der Waals surface area contributed by atoms with E-state index in [1.807, 2.05) is 31.2 Å². The molecular formula is C27H30ClNO5. The molecule has 2 atom stereocenters. The minimum absolute atomic E-state index is 0.0602. The summed E-state index contributed by atoms with van der Waals surface area (Å²) in [6, 6.07) is 12.0. The lowest BCUT2D eigenvalue weighted by atomic mass is 9.93. The van der Waals surface area contributed by atoms with Crippen molar-refractivity contribution in [2.45, 2.75) is 51.7 Å². The van der Waals surface area contributed by atoms with Crippen LogP contribution in [0.4, 0.5) is 0 Å². The van der Waals surface area contributed by atoms with Gasteiger partial charge in [0.05, 0.1) is 29.3 Å². The Morgan fingerprint density at radius 3 is 2.56 bits per heavy atom. The van der Waals surface area contributed by atoms with Crippen LogP contribution in [0.3, 0.4) is 0 Å². The molecule has 2 aliphatic rings. The highest BCUT2D eigenvalue weighted by Gasteiger charge is 2.47. The molecule has 0 saturated carbocycles. The average molecular weight is 484 g/mol. The smallest absolute Gasteiger partial charge is 0.295 e. The zero-order chi connectivity index (χ0) is 24.4. The van der Waals surface area contributed by atoms with Crippen molar-refractivity contribution in [2.24, 2.45) is 0 Å². The number of amides is 1. The van der Waals surface area contributed by atoms with Gasteiger partial charge in [0.25, 0.3) is 11.7 Å². The van der Waals surface area contributed by atoms with E-state index in [1.165, 1.54) is 4.90 Å². The number of Topliss-reactive ketones (excluding diaryl/α,β-unsaturated/α-hetero) is 1. The predicted octanol–water partition coefficient (Wildman–Crippen LogP) is 5.46. The van der Waals surface area contributed by atoms with Crippen LogP contribution in [-0.2, 0) is 14.3 Å². The Kier molecular flexibility index (Phi) is 7.29. The van der Waals surface area contributed by atoms with E-state index >= 15 is 0 Å². The summed E-state index contributed by atoms with van der Waals surface area (Å²) in [5.41, 5.74) is 2.35. The molecule has 0 radical (unpaired) electrons. The third-order valence-electron chi connectivity index (χ3n) is 6.39. The molecule has 180 valence electrons. The van der Waals surface area contributed by atoms with Gasteiger partial charge in [-0.1, -0.05) is 49.7 Å². The Morgan fingerprint density at radius 1 is 1.21 bits per heavy atom. The van der Waals surface area contributed by atoms with Crippen LogP contribution in [-0.4, -0.2) is 47.6 Å².